The minimum atomic E-state index is -4.62. The van der Waals surface area contributed by atoms with Crippen LogP contribution >= 0.6 is 35.2 Å². The molecule has 0 radical (unpaired) electrons. The Morgan fingerprint density at radius 2 is 1.83 bits per heavy atom. The number of phenolic OH excluding ortho intramolecular Hbond substituents is 1. The van der Waals surface area contributed by atoms with Crippen LogP contribution in [0.3, 0.4) is 0 Å². The minimum absolute atomic E-state index is 0.0620. The van der Waals surface area contributed by atoms with Gasteiger partial charge in [0.1, 0.15) is 5.75 Å². The number of nitrogens with one attached hydrogen (secondary N) is 1. The van der Waals surface area contributed by atoms with E-state index in [-0.39, 0.29) is 31.9 Å². The summed E-state index contributed by atoms with van der Waals surface area (Å²) in [4.78, 5) is 12.4. The summed E-state index contributed by atoms with van der Waals surface area (Å²) in [5, 5.41) is 25.5. The number of hydrogen-bond donors (Lipinski definition) is 4. The summed E-state index contributed by atoms with van der Waals surface area (Å²) in [6.07, 6.45) is 0. The minimum Gasteiger partial charge on any atom is -0.507 e. The highest BCUT2D eigenvalue weighted by Crippen LogP contribution is 2.38. The molecule has 0 aliphatic rings. The maximum absolute atomic E-state index is 12.7. The second-order valence-corrected chi connectivity index (χ2v) is 8.83. The number of carbonyl (C=O) groups excluding carboxylic acids is 1. The maximum Gasteiger partial charge on any atom is 0.294 e. The van der Waals surface area contributed by atoms with Gasteiger partial charge in [0.05, 0.1) is 33.2 Å². The lowest BCUT2D eigenvalue weighted by Crippen LogP contribution is -2.13. The van der Waals surface area contributed by atoms with Gasteiger partial charge in [-0.2, -0.15) is 8.42 Å². The molecule has 1 amide bonds. The molecule has 0 aromatic heterocycles. The van der Waals surface area contributed by atoms with E-state index in [4.69, 9.17) is 28.5 Å². The molecule has 0 aliphatic heterocycles. The van der Waals surface area contributed by atoms with Gasteiger partial charge in [0.2, 0.25) is 0 Å². The van der Waals surface area contributed by atoms with Gasteiger partial charge in [-0.25, -0.2) is 5.26 Å². The molecular weight excluding hydrogens is 481 g/mol. The van der Waals surface area contributed by atoms with Crippen LogP contribution in [-0.4, -0.2) is 29.2 Å². The summed E-state index contributed by atoms with van der Waals surface area (Å²) in [5.41, 5.74) is 0.156. The first-order valence-corrected chi connectivity index (χ1v) is 10.7. The second-order valence-electron chi connectivity index (χ2n) is 5.79. The van der Waals surface area contributed by atoms with Gasteiger partial charge in [-0.15, -0.1) is 4.33 Å². The summed E-state index contributed by atoms with van der Waals surface area (Å²) < 4.78 is 36.6. The Hall–Kier alpha value is -2.09. The van der Waals surface area contributed by atoms with Crippen LogP contribution in [0.15, 0.2) is 52.3 Å². The van der Waals surface area contributed by atoms with Crippen molar-refractivity contribution in [2.24, 2.45) is 0 Å². The SMILES string of the molecule is O=C(Nc1cc(SOOO)cc2cc(S(=O)(=O)O)cc(O)c12)c1ccc(Cl)cc1Cl. The maximum atomic E-state index is 12.7. The van der Waals surface area contributed by atoms with E-state index >= 15 is 0 Å². The van der Waals surface area contributed by atoms with Crippen molar-refractivity contribution in [3.8, 4) is 5.75 Å². The van der Waals surface area contributed by atoms with Crippen LogP contribution in [0.4, 0.5) is 5.69 Å². The number of aromatic hydroxyl groups is 1. The van der Waals surface area contributed by atoms with Crippen molar-refractivity contribution >= 4 is 67.7 Å². The molecule has 3 aromatic rings. The van der Waals surface area contributed by atoms with Crippen molar-refractivity contribution in [3.05, 3.63) is 58.1 Å². The van der Waals surface area contributed by atoms with E-state index < -0.39 is 26.7 Å². The van der Waals surface area contributed by atoms with Crippen LogP contribution in [0.1, 0.15) is 10.4 Å². The summed E-state index contributed by atoms with van der Waals surface area (Å²) in [5.74, 6) is -1.16. The van der Waals surface area contributed by atoms with Crippen molar-refractivity contribution < 1.29 is 37.5 Å². The first kappa shape index (κ1) is 22.6. The molecule has 0 aliphatic carbocycles. The summed E-state index contributed by atoms with van der Waals surface area (Å²) in [6.45, 7) is 0. The van der Waals surface area contributed by atoms with Crippen molar-refractivity contribution in [2.75, 3.05) is 5.32 Å². The second kappa shape index (κ2) is 8.96. The lowest BCUT2D eigenvalue weighted by molar-refractivity contribution is -0.432. The molecule has 9 nitrogen and oxygen atoms in total. The third-order valence-electron chi connectivity index (χ3n) is 3.86. The molecule has 13 heteroatoms. The van der Waals surface area contributed by atoms with E-state index in [0.717, 1.165) is 12.1 Å². The van der Waals surface area contributed by atoms with E-state index in [1.54, 1.807) is 0 Å². The summed E-state index contributed by atoms with van der Waals surface area (Å²) >= 11 is 12.4. The predicted octanol–water partition coefficient (Wildman–Crippen LogP) is 4.78. The number of benzene rings is 3. The molecule has 0 spiro atoms. The van der Waals surface area contributed by atoms with Crippen LogP contribution in [0.25, 0.3) is 10.8 Å². The van der Waals surface area contributed by atoms with Crippen LogP contribution in [0, 0.1) is 0 Å². The van der Waals surface area contributed by atoms with Crippen molar-refractivity contribution in [1.82, 2.24) is 0 Å². The zero-order valence-electron chi connectivity index (χ0n) is 14.5. The number of anilines is 1. The number of carbonyl (C=O) groups is 1. The van der Waals surface area contributed by atoms with Gasteiger partial charge in [0, 0.05) is 21.4 Å². The molecule has 0 saturated carbocycles. The number of amides is 1. The molecule has 0 saturated heterocycles. The molecule has 3 aromatic carbocycles. The van der Waals surface area contributed by atoms with E-state index in [0.29, 0.717) is 17.1 Å². The Bertz CT molecular complexity index is 1250. The number of halogens is 2. The fraction of sp³-hybridized carbons (Fsp3) is 0. The van der Waals surface area contributed by atoms with Crippen LogP contribution in [0.2, 0.25) is 10.0 Å². The van der Waals surface area contributed by atoms with Crippen molar-refractivity contribution in [2.45, 2.75) is 9.79 Å². The lowest BCUT2D eigenvalue weighted by Gasteiger charge is -2.14. The van der Waals surface area contributed by atoms with Crippen molar-refractivity contribution in [1.29, 1.82) is 0 Å². The highest BCUT2D eigenvalue weighted by atomic mass is 35.5. The molecular formula is C17H11Cl2NO8S2. The molecule has 0 atom stereocenters. The Morgan fingerprint density at radius 1 is 1.10 bits per heavy atom. The number of fused-ring (bicyclic) bond motifs is 1. The fourth-order valence-corrected chi connectivity index (χ4v) is 4.13. The zero-order valence-corrected chi connectivity index (χ0v) is 17.6. The number of phenols is 1. The van der Waals surface area contributed by atoms with E-state index in [1.165, 1.54) is 30.3 Å². The highest BCUT2D eigenvalue weighted by Gasteiger charge is 2.19. The van der Waals surface area contributed by atoms with Gasteiger partial charge >= 0.3 is 0 Å². The van der Waals surface area contributed by atoms with E-state index in [1.807, 2.05) is 0 Å². The third-order valence-corrected chi connectivity index (χ3v) is 5.79. The Morgan fingerprint density at radius 3 is 2.47 bits per heavy atom. The van der Waals surface area contributed by atoms with Gasteiger partial charge in [-0.3, -0.25) is 9.35 Å². The van der Waals surface area contributed by atoms with Crippen LogP contribution < -0.4 is 5.32 Å². The quantitative estimate of drug-likeness (QED) is 0.165. The number of rotatable bonds is 6. The average Bonchev–Trinajstić information content (AvgIpc) is 2.64. The Kier molecular flexibility index (Phi) is 6.75. The molecule has 0 unspecified atom stereocenters. The average molecular weight is 492 g/mol. The molecule has 0 heterocycles. The van der Waals surface area contributed by atoms with Crippen molar-refractivity contribution in [3.63, 3.8) is 0 Å². The Balaban J connectivity index is 2.14. The van der Waals surface area contributed by atoms with Gasteiger partial charge < -0.3 is 10.4 Å². The first-order valence-electron chi connectivity index (χ1n) is 7.79. The predicted molar refractivity (Wildman–Crippen MR) is 110 cm³/mol. The zero-order chi connectivity index (χ0) is 22.1. The lowest BCUT2D eigenvalue weighted by atomic mass is 10.1. The summed E-state index contributed by atoms with van der Waals surface area (Å²) in [6, 6.07) is 8.92. The van der Waals surface area contributed by atoms with Gasteiger partial charge in [-0.1, -0.05) is 28.2 Å². The van der Waals surface area contributed by atoms with Crippen LogP contribution in [0.5, 0.6) is 5.75 Å². The van der Waals surface area contributed by atoms with Crippen LogP contribution in [-0.2, 0) is 19.5 Å². The highest BCUT2D eigenvalue weighted by molar-refractivity contribution is 7.94. The molecule has 158 valence electrons. The van der Waals surface area contributed by atoms with Gasteiger partial charge in [-0.05, 0) is 41.8 Å². The molecule has 4 N–H and O–H groups in total. The van der Waals surface area contributed by atoms with Gasteiger partial charge in [0.25, 0.3) is 16.0 Å². The third kappa shape index (κ3) is 4.96. The van der Waals surface area contributed by atoms with E-state index in [9.17, 15) is 22.9 Å². The monoisotopic (exact) mass is 491 g/mol. The molecule has 0 fully saturated rings. The molecule has 0 bridgehead atoms. The topological polar surface area (TPSA) is 142 Å². The largest absolute Gasteiger partial charge is 0.507 e. The molecule has 3 rings (SSSR count). The normalized spacial score (nSPS) is 11.6. The standard InChI is InChI=1S/C17H11Cl2NO8S2/c18-9-1-2-12(13(19)5-9)17(22)20-14-6-10(29-28-27-23)3-8-4-11(30(24,25)26)7-15(21)16(8)14/h1-7,21,23H,(H,20,22)(H,24,25,26). The number of hydrogen-bond acceptors (Lipinski definition) is 8. The smallest absolute Gasteiger partial charge is 0.294 e. The first-order chi connectivity index (χ1) is 14.1. The van der Waals surface area contributed by atoms with E-state index in [2.05, 4.69) is 14.7 Å². The molecule has 30 heavy (non-hydrogen) atoms. The summed E-state index contributed by atoms with van der Waals surface area (Å²) in [7, 11) is -4.62. The fourth-order valence-electron chi connectivity index (χ4n) is 2.65. The van der Waals surface area contributed by atoms with Gasteiger partial charge in [0.15, 0.2) is 0 Å². The Labute approximate surface area is 183 Å².